The number of hydrogen-bond acceptors (Lipinski definition) is 11. The molecule has 53 heavy (non-hydrogen) atoms. The summed E-state index contributed by atoms with van der Waals surface area (Å²) in [5, 5.41) is 5.76. The highest BCUT2D eigenvalue weighted by atomic mass is 35.5. The van der Waals surface area contributed by atoms with Crippen molar-refractivity contribution in [1.82, 2.24) is 29.3 Å². The number of halogens is 2. The van der Waals surface area contributed by atoms with Crippen LogP contribution < -0.4 is 21.9 Å². The number of nitrogens with zero attached hydrogens (tertiary/aromatic N) is 4. The molecule has 2 N–H and O–H groups in total. The molecule has 1 aromatic carbocycles. The van der Waals surface area contributed by atoms with Gasteiger partial charge in [-0.15, -0.1) is 11.6 Å². The molecular formula is C35H52ClFN6O9S. The number of aromatic nitrogens is 4. The van der Waals surface area contributed by atoms with E-state index in [1.165, 1.54) is 37.7 Å². The lowest BCUT2D eigenvalue weighted by atomic mass is 10.2. The summed E-state index contributed by atoms with van der Waals surface area (Å²) >= 11 is 6.80. The number of rotatable bonds is 28. The smallest absolute Gasteiger partial charge is 0.332 e. The van der Waals surface area contributed by atoms with Gasteiger partial charge in [0.25, 0.3) is 5.56 Å². The molecule has 3 aromatic rings. The van der Waals surface area contributed by atoms with Gasteiger partial charge >= 0.3 is 5.69 Å². The standard InChI is InChI=1S/C35H52ClFN6O9S/c1-26(44)39-29(31(45)38-13-15-49-17-19-51-21-23-52-22-20-50-18-16-48-14-7-5-4-6-12-36)25-53-34-40-30-32(41(2)35(47)42(3)33(30)46)43(34)24-27-8-10-28(37)11-9-27/h8-11,29H,4-7,12-25H2,1-3H3,(H,38,45)(H,39,44)/t29-/m0/s1. The average Bonchev–Trinajstić information content (AvgIpc) is 3.50. The molecule has 296 valence electrons. The summed E-state index contributed by atoms with van der Waals surface area (Å²) in [6.45, 7) is 6.21. The fourth-order valence-corrected chi connectivity index (χ4v) is 6.29. The van der Waals surface area contributed by atoms with Gasteiger partial charge in [-0.3, -0.25) is 23.5 Å². The van der Waals surface area contributed by atoms with E-state index in [-0.39, 0.29) is 36.6 Å². The van der Waals surface area contributed by atoms with Crippen LogP contribution in [0.15, 0.2) is 39.0 Å². The number of aryl methyl sites for hydroxylation is 1. The third kappa shape index (κ3) is 15.5. The van der Waals surface area contributed by atoms with Crippen LogP contribution in [0.3, 0.4) is 0 Å². The number of hydrogen-bond donors (Lipinski definition) is 2. The summed E-state index contributed by atoms with van der Waals surface area (Å²) in [5.41, 5.74) is -0.0593. The number of carbonyl (C=O) groups excluding carboxylic acids is 2. The van der Waals surface area contributed by atoms with Crippen LogP contribution in [-0.2, 0) is 53.9 Å². The number of unbranched alkanes of at least 4 members (excludes halogenated alkanes) is 3. The van der Waals surface area contributed by atoms with Gasteiger partial charge in [-0.2, -0.15) is 0 Å². The molecule has 2 heterocycles. The molecule has 0 bridgehead atoms. The highest BCUT2D eigenvalue weighted by Gasteiger charge is 2.24. The van der Waals surface area contributed by atoms with E-state index >= 15 is 0 Å². The zero-order valence-electron chi connectivity index (χ0n) is 30.7. The molecule has 0 aliphatic carbocycles. The minimum absolute atomic E-state index is 0.0657. The summed E-state index contributed by atoms with van der Waals surface area (Å²) in [6.07, 6.45) is 4.36. The van der Waals surface area contributed by atoms with Gasteiger partial charge in [0.1, 0.15) is 11.9 Å². The second kappa shape index (κ2) is 24.9. The summed E-state index contributed by atoms with van der Waals surface area (Å²) < 4.78 is 45.1. The van der Waals surface area contributed by atoms with E-state index in [0.29, 0.717) is 69.5 Å². The Balaban J connectivity index is 1.36. The molecule has 2 amide bonds. The van der Waals surface area contributed by atoms with Crippen LogP contribution in [0.1, 0.15) is 38.2 Å². The molecule has 0 aliphatic rings. The van der Waals surface area contributed by atoms with Crippen molar-refractivity contribution in [2.45, 2.75) is 50.4 Å². The van der Waals surface area contributed by atoms with Crippen LogP contribution in [-0.4, -0.2) is 121 Å². The van der Waals surface area contributed by atoms with E-state index in [2.05, 4.69) is 15.6 Å². The molecule has 3 rings (SSSR count). The summed E-state index contributed by atoms with van der Waals surface area (Å²) in [5.74, 6) is -0.456. The Bertz CT molecular complexity index is 1670. The van der Waals surface area contributed by atoms with Crippen LogP contribution in [0.4, 0.5) is 4.39 Å². The zero-order valence-corrected chi connectivity index (χ0v) is 32.3. The minimum atomic E-state index is -0.938. The van der Waals surface area contributed by atoms with Gasteiger partial charge in [-0.05, 0) is 30.5 Å². The summed E-state index contributed by atoms with van der Waals surface area (Å²) in [4.78, 5) is 55.3. The Labute approximate surface area is 317 Å². The fraction of sp³-hybridized carbons (Fsp3) is 0.629. The topological polar surface area (TPSA) is 166 Å². The summed E-state index contributed by atoms with van der Waals surface area (Å²) in [6, 6.07) is 4.88. The fourth-order valence-electron chi connectivity index (χ4n) is 5.08. The molecule has 0 unspecified atom stereocenters. The Morgan fingerprint density at radius 3 is 1.98 bits per heavy atom. The van der Waals surface area contributed by atoms with Gasteiger partial charge in [0.15, 0.2) is 16.3 Å². The first-order valence-electron chi connectivity index (χ1n) is 17.7. The third-order valence-electron chi connectivity index (χ3n) is 7.84. The van der Waals surface area contributed by atoms with Crippen molar-refractivity contribution in [3.63, 3.8) is 0 Å². The maximum Gasteiger partial charge on any atom is 0.332 e. The number of carbonyl (C=O) groups is 2. The predicted octanol–water partition coefficient (Wildman–Crippen LogP) is 2.22. The molecule has 0 aliphatic heterocycles. The maximum absolute atomic E-state index is 13.6. The van der Waals surface area contributed by atoms with E-state index in [1.807, 2.05) is 0 Å². The van der Waals surface area contributed by atoms with Crippen molar-refractivity contribution >= 4 is 46.3 Å². The molecular weight excluding hydrogens is 735 g/mol. The van der Waals surface area contributed by atoms with Crippen molar-refractivity contribution in [3.05, 3.63) is 56.5 Å². The predicted molar refractivity (Wildman–Crippen MR) is 200 cm³/mol. The van der Waals surface area contributed by atoms with Gasteiger partial charge in [-0.25, -0.2) is 14.2 Å². The van der Waals surface area contributed by atoms with Gasteiger partial charge < -0.3 is 38.9 Å². The molecule has 0 saturated carbocycles. The monoisotopic (exact) mass is 786 g/mol. The van der Waals surface area contributed by atoms with Gasteiger partial charge in [0, 0.05) is 45.8 Å². The molecule has 0 fully saturated rings. The number of fused-ring (bicyclic) bond motifs is 1. The number of benzene rings is 1. The van der Waals surface area contributed by atoms with E-state index in [9.17, 15) is 23.6 Å². The Kier molecular flexibility index (Phi) is 20.7. The number of nitrogens with one attached hydrogen (secondary N) is 2. The van der Waals surface area contributed by atoms with Gasteiger partial charge in [-0.1, -0.05) is 36.7 Å². The first-order chi connectivity index (χ1) is 25.6. The van der Waals surface area contributed by atoms with E-state index in [1.54, 1.807) is 16.7 Å². The lowest BCUT2D eigenvalue weighted by Crippen LogP contribution is -2.48. The first-order valence-corrected chi connectivity index (χ1v) is 19.2. The maximum atomic E-state index is 13.6. The number of amides is 2. The van der Waals surface area contributed by atoms with Crippen molar-refractivity contribution in [3.8, 4) is 0 Å². The molecule has 15 nitrogen and oxygen atoms in total. The van der Waals surface area contributed by atoms with Crippen LogP contribution in [0.25, 0.3) is 11.2 Å². The molecule has 1 atom stereocenters. The zero-order chi connectivity index (χ0) is 38.4. The van der Waals surface area contributed by atoms with Crippen LogP contribution >= 0.6 is 23.4 Å². The van der Waals surface area contributed by atoms with Crippen molar-refractivity contribution in [1.29, 1.82) is 0 Å². The van der Waals surface area contributed by atoms with Crippen LogP contribution in [0, 0.1) is 5.82 Å². The first kappa shape index (κ1) is 44.1. The number of thioether (sulfide) groups is 1. The van der Waals surface area contributed by atoms with Crippen LogP contribution in [0.2, 0.25) is 0 Å². The molecule has 2 aromatic heterocycles. The Morgan fingerprint density at radius 1 is 0.830 bits per heavy atom. The minimum Gasteiger partial charge on any atom is -0.379 e. The highest BCUT2D eigenvalue weighted by Crippen LogP contribution is 2.24. The quantitative estimate of drug-likeness (QED) is 0.0630. The normalized spacial score (nSPS) is 12.0. The largest absolute Gasteiger partial charge is 0.379 e. The Hall–Kier alpha value is -3.32. The number of alkyl halides is 1. The van der Waals surface area contributed by atoms with Crippen LogP contribution in [0.5, 0.6) is 0 Å². The van der Waals surface area contributed by atoms with E-state index in [4.69, 9.17) is 35.3 Å². The SMILES string of the molecule is CC(=O)N[C@@H](CSc1nc2c(=O)n(C)c(=O)n(C)c2n1Cc1ccc(F)cc1)C(=O)NCCOCCOCCOCCOCCOCCCCCCCl. The lowest BCUT2D eigenvalue weighted by Gasteiger charge is -2.18. The number of imidazole rings is 1. The lowest BCUT2D eigenvalue weighted by molar-refractivity contribution is -0.127. The van der Waals surface area contributed by atoms with Gasteiger partial charge in [0.2, 0.25) is 11.8 Å². The van der Waals surface area contributed by atoms with Gasteiger partial charge in [0.05, 0.1) is 66.0 Å². The molecule has 0 spiro atoms. The van der Waals surface area contributed by atoms with E-state index < -0.39 is 34.9 Å². The molecule has 18 heteroatoms. The number of ether oxygens (including phenoxy) is 5. The van der Waals surface area contributed by atoms with Crippen molar-refractivity contribution in [2.75, 3.05) is 84.2 Å². The second-order valence-corrected chi connectivity index (χ2v) is 13.4. The summed E-state index contributed by atoms with van der Waals surface area (Å²) in [7, 11) is 2.90. The second-order valence-electron chi connectivity index (χ2n) is 12.0. The average molecular weight is 787 g/mol. The molecule has 0 radical (unpaired) electrons. The highest BCUT2D eigenvalue weighted by molar-refractivity contribution is 7.99. The molecule has 0 saturated heterocycles. The van der Waals surface area contributed by atoms with Crippen molar-refractivity contribution in [2.24, 2.45) is 14.1 Å². The Morgan fingerprint density at radius 2 is 1.40 bits per heavy atom. The third-order valence-corrected chi connectivity index (χ3v) is 9.17. The van der Waals surface area contributed by atoms with E-state index in [0.717, 1.165) is 48.6 Å². The van der Waals surface area contributed by atoms with Crippen molar-refractivity contribution < 1.29 is 37.7 Å².